The standard InChI is InChI=1S/C10H16N4O3/c1-14(2)5-9(15)13-8(10(16)17)3-7-4-11-6-12-7/h4,6,8H,3,5H2,1-2H3,(H,11,12)(H,13,15)(H,16,17)/t8-/m0/s1. The van der Waals surface area contributed by atoms with Crippen LogP contribution in [0.2, 0.25) is 0 Å². The summed E-state index contributed by atoms with van der Waals surface area (Å²) in [6.07, 6.45) is 3.19. The van der Waals surface area contributed by atoms with Crippen LogP contribution in [-0.2, 0) is 16.0 Å². The maximum atomic E-state index is 11.5. The lowest BCUT2D eigenvalue weighted by Crippen LogP contribution is -2.45. The van der Waals surface area contributed by atoms with E-state index in [1.807, 2.05) is 0 Å². The van der Waals surface area contributed by atoms with Crippen LogP contribution in [0.25, 0.3) is 0 Å². The third-order valence-electron chi connectivity index (χ3n) is 2.07. The van der Waals surface area contributed by atoms with Gasteiger partial charge in [0, 0.05) is 18.3 Å². The van der Waals surface area contributed by atoms with Gasteiger partial charge in [-0.25, -0.2) is 9.78 Å². The molecule has 7 nitrogen and oxygen atoms in total. The Morgan fingerprint density at radius 3 is 2.76 bits per heavy atom. The normalized spacial score (nSPS) is 12.4. The molecular weight excluding hydrogens is 224 g/mol. The van der Waals surface area contributed by atoms with Crippen molar-refractivity contribution < 1.29 is 14.7 Å². The summed E-state index contributed by atoms with van der Waals surface area (Å²) in [5, 5.41) is 11.5. The molecule has 94 valence electrons. The van der Waals surface area contributed by atoms with Gasteiger partial charge in [-0.05, 0) is 14.1 Å². The lowest BCUT2D eigenvalue weighted by atomic mass is 10.1. The minimum atomic E-state index is -1.06. The fraction of sp³-hybridized carbons (Fsp3) is 0.500. The number of H-pyrrole nitrogens is 1. The van der Waals surface area contributed by atoms with Crippen molar-refractivity contribution in [3.8, 4) is 0 Å². The number of carbonyl (C=O) groups excluding carboxylic acids is 1. The molecule has 1 rings (SSSR count). The number of aliphatic carboxylic acids is 1. The van der Waals surface area contributed by atoms with E-state index >= 15 is 0 Å². The first-order valence-electron chi connectivity index (χ1n) is 5.13. The molecular formula is C10H16N4O3. The van der Waals surface area contributed by atoms with Crippen LogP contribution in [0.4, 0.5) is 0 Å². The van der Waals surface area contributed by atoms with E-state index in [0.717, 1.165) is 0 Å². The fourth-order valence-electron chi connectivity index (χ4n) is 1.34. The molecule has 7 heteroatoms. The number of carboxylic acid groups (broad SMARTS) is 1. The van der Waals surface area contributed by atoms with E-state index in [1.54, 1.807) is 19.0 Å². The minimum Gasteiger partial charge on any atom is -0.480 e. The Balaban J connectivity index is 2.55. The van der Waals surface area contributed by atoms with Crippen molar-refractivity contribution in [3.05, 3.63) is 18.2 Å². The van der Waals surface area contributed by atoms with Crippen LogP contribution in [0.15, 0.2) is 12.5 Å². The van der Waals surface area contributed by atoms with Crippen LogP contribution in [0, 0.1) is 0 Å². The molecule has 0 bridgehead atoms. The monoisotopic (exact) mass is 240 g/mol. The topological polar surface area (TPSA) is 98.3 Å². The first-order chi connectivity index (χ1) is 7.99. The quantitative estimate of drug-likeness (QED) is 0.597. The molecule has 0 aliphatic heterocycles. The highest BCUT2D eigenvalue weighted by atomic mass is 16.4. The number of carbonyl (C=O) groups is 2. The summed E-state index contributed by atoms with van der Waals surface area (Å²) in [6, 6.07) is -0.942. The molecule has 0 aromatic carbocycles. The zero-order valence-electron chi connectivity index (χ0n) is 9.80. The molecule has 1 amide bonds. The highest BCUT2D eigenvalue weighted by molar-refractivity contribution is 5.84. The van der Waals surface area contributed by atoms with Gasteiger partial charge in [0.05, 0.1) is 12.9 Å². The van der Waals surface area contributed by atoms with Crippen LogP contribution < -0.4 is 5.32 Å². The van der Waals surface area contributed by atoms with Gasteiger partial charge in [-0.2, -0.15) is 0 Å². The van der Waals surface area contributed by atoms with Crippen LogP contribution in [0.3, 0.4) is 0 Å². The summed E-state index contributed by atoms with van der Waals surface area (Å²) in [4.78, 5) is 30.7. The average Bonchev–Trinajstić information content (AvgIpc) is 2.67. The second-order valence-corrected chi connectivity index (χ2v) is 3.98. The molecule has 0 saturated heterocycles. The number of imidazole rings is 1. The Kier molecular flexibility index (Phi) is 4.65. The third-order valence-corrected chi connectivity index (χ3v) is 2.07. The van der Waals surface area contributed by atoms with Gasteiger partial charge in [-0.1, -0.05) is 0 Å². The largest absolute Gasteiger partial charge is 0.480 e. The second kappa shape index (κ2) is 6.00. The molecule has 1 aromatic heterocycles. The summed E-state index contributed by atoms with van der Waals surface area (Å²) in [5.74, 6) is -1.38. The van der Waals surface area contributed by atoms with Crippen molar-refractivity contribution in [2.75, 3.05) is 20.6 Å². The number of nitrogens with one attached hydrogen (secondary N) is 2. The van der Waals surface area contributed by atoms with Gasteiger partial charge in [0.1, 0.15) is 6.04 Å². The number of hydrogen-bond acceptors (Lipinski definition) is 4. The number of nitrogens with zero attached hydrogens (tertiary/aromatic N) is 2. The van der Waals surface area contributed by atoms with Gasteiger partial charge in [-0.15, -0.1) is 0 Å². The van der Waals surface area contributed by atoms with E-state index in [2.05, 4.69) is 15.3 Å². The number of hydrogen-bond donors (Lipinski definition) is 3. The van der Waals surface area contributed by atoms with Gasteiger partial charge in [0.2, 0.25) is 5.91 Å². The Morgan fingerprint density at radius 2 is 2.29 bits per heavy atom. The van der Waals surface area contributed by atoms with Crippen molar-refractivity contribution in [2.24, 2.45) is 0 Å². The van der Waals surface area contributed by atoms with Crippen molar-refractivity contribution in [2.45, 2.75) is 12.5 Å². The van der Waals surface area contributed by atoms with E-state index in [4.69, 9.17) is 5.11 Å². The number of aromatic amines is 1. The molecule has 17 heavy (non-hydrogen) atoms. The SMILES string of the molecule is CN(C)CC(=O)N[C@@H](Cc1cnc[nH]1)C(=O)O. The van der Waals surface area contributed by atoms with E-state index in [0.29, 0.717) is 5.69 Å². The van der Waals surface area contributed by atoms with Crippen molar-refractivity contribution in [1.29, 1.82) is 0 Å². The van der Waals surface area contributed by atoms with Crippen LogP contribution in [-0.4, -0.2) is 58.5 Å². The summed E-state index contributed by atoms with van der Waals surface area (Å²) in [7, 11) is 3.48. The summed E-state index contributed by atoms with van der Waals surface area (Å²) >= 11 is 0. The van der Waals surface area contributed by atoms with E-state index in [1.165, 1.54) is 12.5 Å². The molecule has 0 aliphatic carbocycles. The maximum absolute atomic E-state index is 11.5. The first kappa shape index (κ1) is 13.2. The molecule has 0 aliphatic rings. The smallest absolute Gasteiger partial charge is 0.326 e. The number of carboxylic acids is 1. The molecule has 0 spiro atoms. The average molecular weight is 240 g/mol. The summed E-state index contributed by atoms with van der Waals surface area (Å²) in [6.45, 7) is 0.159. The number of amides is 1. The van der Waals surface area contributed by atoms with Crippen molar-refractivity contribution in [1.82, 2.24) is 20.2 Å². The van der Waals surface area contributed by atoms with Gasteiger partial charge in [0.15, 0.2) is 0 Å². The zero-order chi connectivity index (χ0) is 12.8. The molecule has 0 saturated carbocycles. The Hall–Kier alpha value is -1.89. The number of rotatable bonds is 6. The molecule has 0 unspecified atom stereocenters. The van der Waals surface area contributed by atoms with Gasteiger partial charge in [-0.3, -0.25) is 4.79 Å². The fourth-order valence-corrected chi connectivity index (χ4v) is 1.34. The lowest BCUT2D eigenvalue weighted by Gasteiger charge is -2.15. The number of aromatic nitrogens is 2. The molecule has 3 N–H and O–H groups in total. The van der Waals surface area contributed by atoms with Crippen LogP contribution in [0.1, 0.15) is 5.69 Å². The summed E-state index contributed by atoms with van der Waals surface area (Å²) < 4.78 is 0. The van der Waals surface area contributed by atoms with E-state index < -0.39 is 12.0 Å². The van der Waals surface area contributed by atoms with Gasteiger partial charge in [0.25, 0.3) is 0 Å². The second-order valence-electron chi connectivity index (χ2n) is 3.98. The lowest BCUT2D eigenvalue weighted by molar-refractivity contribution is -0.141. The van der Waals surface area contributed by atoms with Gasteiger partial charge >= 0.3 is 5.97 Å². The minimum absolute atomic E-state index is 0.159. The molecule has 1 heterocycles. The van der Waals surface area contributed by atoms with Crippen LogP contribution >= 0.6 is 0 Å². The molecule has 0 fully saturated rings. The predicted molar refractivity (Wildman–Crippen MR) is 60.4 cm³/mol. The highest BCUT2D eigenvalue weighted by Crippen LogP contribution is 1.98. The predicted octanol–water partition coefficient (Wildman–Crippen LogP) is -0.917. The zero-order valence-corrected chi connectivity index (χ0v) is 9.80. The van der Waals surface area contributed by atoms with E-state index in [9.17, 15) is 9.59 Å². The Labute approximate surface area is 98.8 Å². The van der Waals surface area contributed by atoms with Crippen molar-refractivity contribution in [3.63, 3.8) is 0 Å². The Morgan fingerprint density at radius 1 is 1.59 bits per heavy atom. The molecule has 1 aromatic rings. The number of likely N-dealkylation sites (N-methyl/N-ethyl adjacent to an activating group) is 1. The highest BCUT2D eigenvalue weighted by Gasteiger charge is 2.20. The van der Waals surface area contributed by atoms with E-state index in [-0.39, 0.29) is 18.9 Å². The van der Waals surface area contributed by atoms with Crippen molar-refractivity contribution >= 4 is 11.9 Å². The van der Waals surface area contributed by atoms with Gasteiger partial charge < -0.3 is 20.3 Å². The third kappa shape index (κ3) is 4.64. The molecule has 1 atom stereocenters. The Bertz CT molecular complexity index is 375. The first-order valence-corrected chi connectivity index (χ1v) is 5.13. The summed E-state index contributed by atoms with van der Waals surface area (Å²) in [5.41, 5.74) is 0.669. The van der Waals surface area contributed by atoms with Crippen LogP contribution in [0.5, 0.6) is 0 Å². The maximum Gasteiger partial charge on any atom is 0.326 e. The molecule has 0 radical (unpaired) electrons.